The fourth-order valence-electron chi connectivity index (χ4n) is 1.90. The number of β-amino-alcohol motifs (C(OH)–C–C–N with tert-alkyl or cyclic N) is 2. The molecule has 1 aromatic carbocycles. The van der Waals surface area contributed by atoms with Gasteiger partial charge in [-0.2, -0.15) is 0 Å². The lowest BCUT2D eigenvalue weighted by atomic mass is 10.2. The summed E-state index contributed by atoms with van der Waals surface area (Å²) < 4.78 is 0.430. The van der Waals surface area contributed by atoms with Crippen LogP contribution >= 0.6 is 15.9 Å². The molecule has 0 saturated carbocycles. The van der Waals surface area contributed by atoms with Gasteiger partial charge in [-0.15, -0.1) is 0 Å². The quantitative estimate of drug-likeness (QED) is 0.608. The van der Waals surface area contributed by atoms with E-state index in [4.69, 9.17) is 0 Å². The molecule has 1 heterocycles. The van der Waals surface area contributed by atoms with Crippen molar-refractivity contribution in [3.8, 4) is 0 Å². The SMILES string of the molecule is O=C(c1cc([N+](=O)[O-])ccc1Br)N1CC(O)C(O)C1. The molecule has 1 aliphatic heterocycles. The Hall–Kier alpha value is -1.51. The van der Waals surface area contributed by atoms with Gasteiger partial charge >= 0.3 is 0 Å². The molecule has 19 heavy (non-hydrogen) atoms. The molecule has 7 nitrogen and oxygen atoms in total. The van der Waals surface area contributed by atoms with Gasteiger partial charge < -0.3 is 15.1 Å². The van der Waals surface area contributed by atoms with Gasteiger partial charge in [0.1, 0.15) is 0 Å². The van der Waals surface area contributed by atoms with Gasteiger partial charge in [-0.05, 0) is 22.0 Å². The zero-order valence-corrected chi connectivity index (χ0v) is 11.3. The maximum atomic E-state index is 12.2. The molecule has 0 spiro atoms. The maximum Gasteiger partial charge on any atom is 0.270 e. The van der Waals surface area contributed by atoms with E-state index in [1.54, 1.807) is 0 Å². The fraction of sp³-hybridized carbons (Fsp3) is 0.364. The number of nitro groups is 1. The molecule has 2 atom stereocenters. The maximum absolute atomic E-state index is 12.2. The summed E-state index contributed by atoms with van der Waals surface area (Å²) in [5, 5.41) is 29.5. The van der Waals surface area contributed by atoms with Crippen LogP contribution in [-0.4, -0.2) is 51.2 Å². The lowest BCUT2D eigenvalue weighted by molar-refractivity contribution is -0.384. The number of aliphatic hydroxyl groups excluding tert-OH is 2. The van der Waals surface area contributed by atoms with Gasteiger partial charge in [-0.1, -0.05) is 0 Å². The first-order valence-electron chi connectivity index (χ1n) is 5.49. The Labute approximate surface area is 116 Å². The molecule has 0 aliphatic carbocycles. The van der Waals surface area contributed by atoms with Crippen LogP contribution < -0.4 is 0 Å². The number of amides is 1. The van der Waals surface area contributed by atoms with E-state index in [0.29, 0.717) is 4.47 Å². The third-order valence-corrected chi connectivity index (χ3v) is 3.63. The van der Waals surface area contributed by atoms with Crippen molar-refractivity contribution >= 4 is 27.5 Å². The molecule has 2 rings (SSSR count). The second kappa shape index (κ2) is 5.24. The smallest absolute Gasteiger partial charge is 0.270 e. The summed E-state index contributed by atoms with van der Waals surface area (Å²) >= 11 is 3.16. The first-order chi connectivity index (χ1) is 8.90. The summed E-state index contributed by atoms with van der Waals surface area (Å²) in [6, 6.07) is 3.88. The normalized spacial score (nSPS) is 22.6. The molecule has 1 aliphatic rings. The van der Waals surface area contributed by atoms with Crippen molar-refractivity contribution in [1.29, 1.82) is 0 Å². The Kier molecular flexibility index (Phi) is 3.83. The Bertz CT molecular complexity index is 526. The third kappa shape index (κ3) is 2.75. The molecule has 1 aromatic rings. The van der Waals surface area contributed by atoms with E-state index in [-0.39, 0.29) is 24.3 Å². The van der Waals surface area contributed by atoms with E-state index in [9.17, 15) is 25.1 Å². The van der Waals surface area contributed by atoms with E-state index in [1.807, 2.05) is 0 Å². The van der Waals surface area contributed by atoms with Gasteiger partial charge in [0.25, 0.3) is 11.6 Å². The number of hydrogen-bond donors (Lipinski definition) is 2. The Morgan fingerprint density at radius 2 is 1.95 bits per heavy atom. The molecule has 0 radical (unpaired) electrons. The minimum absolute atomic E-state index is 0.00906. The Morgan fingerprint density at radius 3 is 2.47 bits per heavy atom. The number of benzene rings is 1. The van der Waals surface area contributed by atoms with Crippen molar-refractivity contribution in [2.75, 3.05) is 13.1 Å². The molecule has 2 N–H and O–H groups in total. The number of carbonyl (C=O) groups excluding carboxylic acids is 1. The van der Waals surface area contributed by atoms with Crippen LogP contribution in [0.15, 0.2) is 22.7 Å². The molecular formula is C11H11BrN2O5. The zero-order chi connectivity index (χ0) is 14.2. The predicted octanol–water partition coefficient (Wildman–Crippen LogP) is 0.535. The minimum atomic E-state index is -0.985. The van der Waals surface area contributed by atoms with Crippen molar-refractivity contribution in [3.63, 3.8) is 0 Å². The molecule has 1 saturated heterocycles. The lowest BCUT2D eigenvalue weighted by Gasteiger charge is -2.16. The number of non-ortho nitro benzene ring substituents is 1. The fourth-order valence-corrected chi connectivity index (χ4v) is 2.31. The first kappa shape index (κ1) is 13.9. The van der Waals surface area contributed by atoms with Crippen LogP contribution in [0, 0.1) is 10.1 Å². The first-order valence-corrected chi connectivity index (χ1v) is 6.29. The number of nitro benzene ring substituents is 1. The largest absolute Gasteiger partial charge is 0.388 e. The molecular weight excluding hydrogens is 320 g/mol. The number of aliphatic hydroxyl groups is 2. The summed E-state index contributed by atoms with van der Waals surface area (Å²) in [7, 11) is 0. The highest BCUT2D eigenvalue weighted by molar-refractivity contribution is 9.10. The minimum Gasteiger partial charge on any atom is -0.388 e. The molecule has 8 heteroatoms. The highest BCUT2D eigenvalue weighted by atomic mass is 79.9. The van der Waals surface area contributed by atoms with Gasteiger partial charge in [-0.25, -0.2) is 0 Å². The highest BCUT2D eigenvalue weighted by Gasteiger charge is 2.33. The molecule has 1 fully saturated rings. The van der Waals surface area contributed by atoms with Crippen molar-refractivity contribution in [2.45, 2.75) is 12.2 Å². The standard InChI is InChI=1S/C11H11BrN2O5/c12-8-2-1-6(14(18)19)3-7(8)11(17)13-4-9(15)10(16)5-13/h1-3,9-10,15-16H,4-5H2. The molecule has 1 amide bonds. The molecule has 2 unspecified atom stereocenters. The van der Waals surface area contributed by atoms with Gasteiger partial charge in [-0.3, -0.25) is 14.9 Å². The topological polar surface area (TPSA) is 104 Å². The van der Waals surface area contributed by atoms with Crippen LogP contribution in [0.4, 0.5) is 5.69 Å². The van der Waals surface area contributed by atoms with Crippen LogP contribution in [0.1, 0.15) is 10.4 Å². The van der Waals surface area contributed by atoms with Crippen LogP contribution in [-0.2, 0) is 0 Å². The summed E-state index contributed by atoms with van der Waals surface area (Å²) in [6.07, 6.45) is -1.97. The van der Waals surface area contributed by atoms with Crippen molar-refractivity contribution in [1.82, 2.24) is 4.90 Å². The van der Waals surface area contributed by atoms with E-state index in [0.717, 1.165) is 0 Å². The van der Waals surface area contributed by atoms with Crippen LogP contribution in [0.2, 0.25) is 0 Å². The van der Waals surface area contributed by atoms with Gasteiger partial charge in [0.15, 0.2) is 0 Å². The van der Waals surface area contributed by atoms with Crippen molar-refractivity contribution < 1.29 is 19.9 Å². The number of nitrogens with zero attached hydrogens (tertiary/aromatic N) is 2. The van der Waals surface area contributed by atoms with Crippen molar-refractivity contribution in [2.24, 2.45) is 0 Å². The monoisotopic (exact) mass is 330 g/mol. The number of likely N-dealkylation sites (tertiary alicyclic amines) is 1. The summed E-state index contributed by atoms with van der Waals surface area (Å²) in [5.74, 6) is -0.467. The van der Waals surface area contributed by atoms with E-state index < -0.39 is 23.0 Å². The lowest BCUT2D eigenvalue weighted by Crippen LogP contribution is -2.30. The van der Waals surface area contributed by atoms with Crippen LogP contribution in [0.25, 0.3) is 0 Å². The van der Waals surface area contributed by atoms with Crippen LogP contribution in [0.5, 0.6) is 0 Å². The highest BCUT2D eigenvalue weighted by Crippen LogP contribution is 2.25. The number of carbonyl (C=O) groups is 1. The van der Waals surface area contributed by atoms with Crippen LogP contribution in [0.3, 0.4) is 0 Å². The van der Waals surface area contributed by atoms with E-state index in [2.05, 4.69) is 15.9 Å². The zero-order valence-electron chi connectivity index (χ0n) is 9.69. The number of rotatable bonds is 2. The Morgan fingerprint density at radius 1 is 1.37 bits per heavy atom. The van der Waals surface area contributed by atoms with Crippen molar-refractivity contribution in [3.05, 3.63) is 38.3 Å². The predicted molar refractivity (Wildman–Crippen MR) is 68.7 cm³/mol. The molecule has 0 bridgehead atoms. The van der Waals surface area contributed by atoms with Gasteiger partial charge in [0.2, 0.25) is 0 Å². The molecule has 0 aromatic heterocycles. The van der Waals surface area contributed by atoms with Gasteiger partial charge in [0.05, 0.1) is 22.7 Å². The summed E-state index contributed by atoms with van der Waals surface area (Å²) in [4.78, 5) is 23.6. The average molecular weight is 331 g/mol. The Balaban J connectivity index is 2.29. The van der Waals surface area contributed by atoms with E-state index >= 15 is 0 Å². The number of halogens is 1. The van der Waals surface area contributed by atoms with Gasteiger partial charge in [0, 0.05) is 29.7 Å². The summed E-state index contributed by atoms with van der Waals surface area (Å²) in [5.41, 5.74) is -0.0534. The third-order valence-electron chi connectivity index (χ3n) is 2.94. The number of hydrogen-bond acceptors (Lipinski definition) is 5. The van der Waals surface area contributed by atoms with E-state index in [1.165, 1.54) is 23.1 Å². The second-order valence-electron chi connectivity index (χ2n) is 4.27. The second-order valence-corrected chi connectivity index (χ2v) is 5.12. The summed E-state index contributed by atoms with van der Waals surface area (Å²) in [6.45, 7) is 0.0181. The molecule has 102 valence electrons. The average Bonchev–Trinajstić information content (AvgIpc) is 2.69.